The van der Waals surface area contributed by atoms with Crippen molar-refractivity contribution in [1.29, 1.82) is 0 Å². The van der Waals surface area contributed by atoms with Gasteiger partial charge < -0.3 is 19.5 Å². The molecular formula is C21H27N7O2. The molecule has 4 heterocycles. The normalized spacial score (nSPS) is 14.1. The molecule has 4 rings (SSSR count). The number of hydrogen-bond acceptors (Lipinski definition) is 7. The molecule has 1 saturated heterocycles. The Hall–Kier alpha value is -3.23. The minimum absolute atomic E-state index is 0.163. The van der Waals surface area contributed by atoms with Gasteiger partial charge in [-0.3, -0.25) is 4.79 Å². The molecule has 0 aliphatic carbocycles. The van der Waals surface area contributed by atoms with Crippen LogP contribution in [0.25, 0.3) is 22.6 Å². The number of fused-ring (bicyclic) bond motifs is 1. The summed E-state index contributed by atoms with van der Waals surface area (Å²) in [7, 11) is 1.60. The van der Waals surface area contributed by atoms with Gasteiger partial charge >= 0.3 is 0 Å². The van der Waals surface area contributed by atoms with Gasteiger partial charge in [-0.15, -0.1) is 0 Å². The van der Waals surface area contributed by atoms with Crippen molar-refractivity contribution in [2.45, 2.75) is 39.2 Å². The second-order valence-electron chi connectivity index (χ2n) is 7.65. The Kier molecular flexibility index (Phi) is 5.78. The SMILES string of the molecule is COc1ccc(-c2nc3c(NCCCN4CCCC4=O)ncnc3n2C(C)C)cn1. The number of anilines is 1. The summed E-state index contributed by atoms with van der Waals surface area (Å²) in [6, 6.07) is 3.93. The van der Waals surface area contributed by atoms with Gasteiger partial charge in [0.05, 0.1) is 7.11 Å². The zero-order valence-corrected chi connectivity index (χ0v) is 17.6. The topological polar surface area (TPSA) is 98.1 Å². The smallest absolute Gasteiger partial charge is 0.222 e. The lowest BCUT2D eigenvalue weighted by Gasteiger charge is -2.15. The Balaban J connectivity index is 1.57. The number of pyridine rings is 1. The quantitative estimate of drug-likeness (QED) is 0.571. The van der Waals surface area contributed by atoms with Crippen molar-refractivity contribution in [2.24, 2.45) is 0 Å². The molecule has 3 aromatic heterocycles. The molecule has 1 aliphatic rings. The van der Waals surface area contributed by atoms with Crippen LogP contribution in [0.1, 0.15) is 39.2 Å². The molecule has 30 heavy (non-hydrogen) atoms. The lowest BCUT2D eigenvalue weighted by Crippen LogP contribution is -2.27. The summed E-state index contributed by atoms with van der Waals surface area (Å²) in [5.41, 5.74) is 2.40. The molecule has 1 fully saturated rings. The molecule has 1 amide bonds. The number of amides is 1. The van der Waals surface area contributed by atoms with E-state index in [0.29, 0.717) is 24.7 Å². The Bertz CT molecular complexity index is 1030. The average molecular weight is 409 g/mol. The average Bonchev–Trinajstić information content (AvgIpc) is 3.35. The zero-order chi connectivity index (χ0) is 21.1. The third-order valence-corrected chi connectivity index (χ3v) is 5.27. The van der Waals surface area contributed by atoms with Crippen LogP contribution in [0.3, 0.4) is 0 Å². The number of hydrogen-bond donors (Lipinski definition) is 1. The molecule has 0 spiro atoms. The van der Waals surface area contributed by atoms with E-state index in [-0.39, 0.29) is 11.9 Å². The van der Waals surface area contributed by atoms with E-state index in [4.69, 9.17) is 9.72 Å². The molecule has 0 aromatic carbocycles. The van der Waals surface area contributed by atoms with Crippen molar-refractivity contribution in [3.63, 3.8) is 0 Å². The third kappa shape index (κ3) is 3.92. The van der Waals surface area contributed by atoms with E-state index in [0.717, 1.165) is 48.5 Å². The van der Waals surface area contributed by atoms with Crippen molar-refractivity contribution >= 4 is 22.9 Å². The number of imidazole rings is 1. The van der Waals surface area contributed by atoms with Crippen LogP contribution in [-0.4, -0.2) is 62.1 Å². The van der Waals surface area contributed by atoms with Gasteiger partial charge in [-0.25, -0.2) is 19.9 Å². The van der Waals surface area contributed by atoms with Gasteiger partial charge in [0.25, 0.3) is 0 Å². The highest BCUT2D eigenvalue weighted by atomic mass is 16.5. The summed E-state index contributed by atoms with van der Waals surface area (Å²) in [6.45, 7) is 6.55. The lowest BCUT2D eigenvalue weighted by molar-refractivity contribution is -0.127. The number of likely N-dealkylation sites (tertiary alicyclic amines) is 1. The summed E-state index contributed by atoms with van der Waals surface area (Å²) in [6.07, 6.45) is 5.82. The second-order valence-corrected chi connectivity index (χ2v) is 7.65. The van der Waals surface area contributed by atoms with Gasteiger partial charge in [0, 0.05) is 49.9 Å². The zero-order valence-electron chi connectivity index (χ0n) is 17.6. The molecule has 0 bridgehead atoms. The highest BCUT2D eigenvalue weighted by Crippen LogP contribution is 2.30. The number of aromatic nitrogens is 5. The maximum absolute atomic E-state index is 11.8. The van der Waals surface area contributed by atoms with Crippen molar-refractivity contribution in [3.8, 4) is 17.3 Å². The Morgan fingerprint density at radius 1 is 1.23 bits per heavy atom. The fourth-order valence-corrected chi connectivity index (χ4v) is 3.78. The second kappa shape index (κ2) is 8.64. The molecule has 0 radical (unpaired) electrons. The Labute approximate surface area is 175 Å². The summed E-state index contributed by atoms with van der Waals surface area (Å²) >= 11 is 0. The highest BCUT2D eigenvalue weighted by Gasteiger charge is 2.21. The molecule has 0 unspecified atom stereocenters. The number of rotatable bonds is 8. The molecule has 1 aliphatic heterocycles. The van der Waals surface area contributed by atoms with E-state index in [1.807, 2.05) is 17.0 Å². The number of carbonyl (C=O) groups is 1. The third-order valence-electron chi connectivity index (χ3n) is 5.27. The maximum atomic E-state index is 11.8. The molecule has 0 atom stereocenters. The maximum Gasteiger partial charge on any atom is 0.222 e. The monoisotopic (exact) mass is 409 g/mol. The molecule has 9 nitrogen and oxygen atoms in total. The summed E-state index contributed by atoms with van der Waals surface area (Å²) in [5.74, 6) is 2.31. The van der Waals surface area contributed by atoms with Crippen molar-refractivity contribution in [3.05, 3.63) is 24.7 Å². The molecule has 158 valence electrons. The van der Waals surface area contributed by atoms with Gasteiger partial charge in [0.15, 0.2) is 17.0 Å². The predicted molar refractivity (Wildman–Crippen MR) is 114 cm³/mol. The Morgan fingerprint density at radius 3 is 2.77 bits per heavy atom. The van der Waals surface area contributed by atoms with E-state index in [1.54, 1.807) is 19.6 Å². The van der Waals surface area contributed by atoms with E-state index in [1.165, 1.54) is 0 Å². The predicted octanol–water partition coefficient (Wildman–Crippen LogP) is 2.90. The molecule has 1 N–H and O–H groups in total. The van der Waals surface area contributed by atoms with Gasteiger partial charge in [0.1, 0.15) is 12.2 Å². The van der Waals surface area contributed by atoms with Gasteiger partial charge in [0.2, 0.25) is 11.8 Å². The number of nitrogens with zero attached hydrogens (tertiary/aromatic N) is 6. The number of carbonyl (C=O) groups excluding carboxylic acids is 1. The lowest BCUT2D eigenvalue weighted by atomic mass is 10.2. The van der Waals surface area contributed by atoms with Gasteiger partial charge in [-0.05, 0) is 32.8 Å². The van der Waals surface area contributed by atoms with Crippen molar-refractivity contribution < 1.29 is 9.53 Å². The van der Waals surface area contributed by atoms with Crippen LogP contribution in [0.15, 0.2) is 24.7 Å². The highest BCUT2D eigenvalue weighted by molar-refractivity contribution is 5.86. The molecule has 0 saturated carbocycles. The first-order valence-corrected chi connectivity index (χ1v) is 10.3. The number of methoxy groups -OCH3 is 1. The van der Waals surface area contributed by atoms with Crippen LogP contribution in [0.4, 0.5) is 5.82 Å². The van der Waals surface area contributed by atoms with E-state index in [2.05, 4.69) is 38.7 Å². The first-order valence-electron chi connectivity index (χ1n) is 10.3. The van der Waals surface area contributed by atoms with Crippen LogP contribution in [0, 0.1) is 0 Å². The van der Waals surface area contributed by atoms with Crippen molar-refractivity contribution in [2.75, 3.05) is 32.1 Å². The fourth-order valence-electron chi connectivity index (χ4n) is 3.78. The first-order chi connectivity index (χ1) is 14.6. The van der Waals surface area contributed by atoms with Gasteiger partial charge in [-0.2, -0.15) is 0 Å². The van der Waals surface area contributed by atoms with Crippen LogP contribution >= 0.6 is 0 Å². The standard InChI is InChI=1S/C21H27N7O2/c1-14(2)28-20(15-7-8-16(30-3)23-12-15)26-18-19(24-13-25-21(18)28)22-9-5-11-27-10-4-6-17(27)29/h7-8,12-14H,4-6,9-11H2,1-3H3,(H,22,24,25). The number of ether oxygens (including phenoxy) is 1. The van der Waals surface area contributed by atoms with Crippen LogP contribution in [-0.2, 0) is 4.79 Å². The van der Waals surface area contributed by atoms with E-state index >= 15 is 0 Å². The summed E-state index contributed by atoms with van der Waals surface area (Å²) in [4.78, 5) is 31.8. The molecule has 9 heteroatoms. The fraction of sp³-hybridized carbons (Fsp3) is 0.476. The van der Waals surface area contributed by atoms with Crippen molar-refractivity contribution in [1.82, 2.24) is 29.4 Å². The largest absolute Gasteiger partial charge is 0.481 e. The van der Waals surface area contributed by atoms with E-state index in [9.17, 15) is 4.79 Å². The molecule has 3 aromatic rings. The van der Waals surface area contributed by atoms with Crippen LogP contribution in [0.5, 0.6) is 5.88 Å². The van der Waals surface area contributed by atoms with Crippen LogP contribution in [0.2, 0.25) is 0 Å². The summed E-state index contributed by atoms with van der Waals surface area (Å²) in [5, 5.41) is 3.38. The summed E-state index contributed by atoms with van der Waals surface area (Å²) < 4.78 is 7.26. The number of nitrogens with one attached hydrogen (secondary N) is 1. The minimum atomic E-state index is 0.163. The van der Waals surface area contributed by atoms with Crippen LogP contribution < -0.4 is 10.1 Å². The molecular weight excluding hydrogens is 382 g/mol. The van der Waals surface area contributed by atoms with Gasteiger partial charge in [-0.1, -0.05) is 0 Å². The van der Waals surface area contributed by atoms with E-state index < -0.39 is 0 Å². The Morgan fingerprint density at radius 2 is 2.10 bits per heavy atom. The minimum Gasteiger partial charge on any atom is -0.481 e. The first kappa shape index (κ1) is 20.1.